The van der Waals surface area contributed by atoms with Crippen LogP contribution in [-0.2, 0) is 22.4 Å². The molecule has 2 aromatic rings. The van der Waals surface area contributed by atoms with E-state index in [0.717, 1.165) is 17.5 Å². The summed E-state index contributed by atoms with van der Waals surface area (Å²) in [7, 11) is 0. The van der Waals surface area contributed by atoms with E-state index in [2.05, 4.69) is 5.32 Å². The Labute approximate surface area is 204 Å². The van der Waals surface area contributed by atoms with Crippen molar-refractivity contribution in [3.05, 3.63) is 59.7 Å². The van der Waals surface area contributed by atoms with Crippen molar-refractivity contribution in [2.45, 2.75) is 72.4 Å². The minimum Gasteiger partial charge on any atom is -0.490 e. The van der Waals surface area contributed by atoms with E-state index in [9.17, 15) is 9.59 Å². The molecule has 0 aliphatic carbocycles. The molecule has 2 rings (SSSR count). The Morgan fingerprint density at radius 3 is 2.21 bits per heavy atom. The highest BCUT2D eigenvalue weighted by molar-refractivity contribution is 5.87. The molecule has 34 heavy (non-hydrogen) atoms. The Hall–Kier alpha value is -3.02. The zero-order valence-corrected chi connectivity index (χ0v) is 21.3. The van der Waals surface area contributed by atoms with Gasteiger partial charge in [0.05, 0.1) is 13.2 Å². The number of carbonyl (C=O) groups excluding carboxylic acids is 2. The lowest BCUT2D eigenvalue weighted by atomic mass is 10.1. The van der Waals surface area contributed by atoms with Crippen molar-refractivity contribution in [2.75, 3.05) is 19.8 Å². The summed E-state index contributed by atoms with van der Waals surface area (Å²) in [5.41, 5.74) is 2.14. The quantitative estimate of drug-likeness (QED) is 0.433. The SMILES string of the molecule is CCOc1ccc(CCC(=O)N(CCc2ccccc2)[C@@H](C)C(=O)N[C@@H](C)CC)cc1OCC. The number of benzene rings is 2. The van der Waals surface area contributed by atoms with Gasteiger partial charge in [0.15, 0.2) is 11.5 Å². The fourth-order valence-corrected chi connectivity index (χ4v) is 3.68. The Balaban J connectivity index is 2.11. The lowest BCUT2D eigenvalue weighted by Crippen LogP contribution is -2.50. The summed E-state index contributed by atoms with van der Waals surface area (Å²) in [6, 6.07) is 15.4. The van der Waals surface area contributed by atoms with Crippen LogP contribution in [0.3, 0.4) is 0 Å². The second-order valence-corrected chi connectivity index (χ2v) is 8.46. The number of carbonyl (C=O) groups is 2. The highest BCUT2D eigenvalue weighted by Gasteiger charge is 2.26. The van der Waals surface area contributed by atoms with Crippen LogP contribution in [0.15, 0.2) is 48.5 Å². The molecule has 186 valence electrons. The molecule has 0 heterocycles. The third-order valence-electron chi connectivity index (χ3n) is 5.89. The second kappa shape index (κ2) is 14.3. The summed E-state index contributed by atoms with van der Waals surface area (Å²) < 4.78 is 11.4. The van der Waals surface area contributed by atoms with Gasteiger partial charge in [-0.1, -0.05) is 43.3 Å². The predicted octanol–water partition coefficient (Wildman–Crippen LogP) is 4.79. The lowest BCUT2D eigenvalue weighted by molar-refractivity contribution is -0.140. The fraction of sp³-hybridized carbons (Fsp3) is 0.500. The van der Waals surface area contributed by atoms with Crippen LogP contribution in [0, 0.1) is 0 Å². The summed E-state index contributed by atoms with van der Waals surface area (Å²) in [4.78, 5) is 27.8. The number of amides is 2. The molecule has 6 nitrogen and oxygen atoms in total. The first-order chi connectivity index (χ1) is 16.4. The molecule has 2 amide bonds. The number of ether oxygens (including phenoxy) is 2. The Morgan fingerprint density at radius 2 is 1.56 bits per heavy atom. The molecule has 0 fully saturated rings. The number of nitrogens with zero attached hydrogens (tertiary/aromatic N) is 1. The van der Waals surface area contributed by atoms with E-state index in [1.54, 1.807) is 4.90 Å². The average molecular weight is 469 g/mol. The topological polar surface area (TPSA) is 67.9 Å². The molecule has 0 saturated heterocycles. The summed E-state index contributed by atoms with van der Waals surface area (Å²) in [5, 5.41) is 3.01. The summed E-state index contributed by atoms with van der Waals surface area (Å²) in [6.45, 7) is 11.3. The monoisotopic (exact) mass is 468 g/mol. The molecule has 2 aromatic carbocycles. The van der Waals surface area contributed by atoms with E-state index < -0.39 is 6.04 Å². The first-order valence-corrected chi connectivity index (χ1v) is 12.4. The molecule has 0 bridgehead atoms. The molecule has 0 unspecified atom stereocenters. The zero-order chi connectivity index (χ0) is 24.9. The van der Waals surface area contributed by atoms with E-state index in [-0.39, 0.29) is 17.9 Å². The molecule has 0 aromatic heterocycles. The van der Waals surface area contributed by atoms with Gasteiger partial charge >= 0.3 is 0 Å². The van der Waals surface area contributed by atoms with Gasteiger partial charge in [-0.15, -0.1) is 0 Å². The van der Waals surface area contributed by atoms with Gasteiger partial charge in [-0.2, -0.15) is 0 Å². The van der Waals surface area contributed by atoms with E-state index in [1.165, 1.54) is 0 Å². The summed E-state index contributed by atoms with van der Waals surface area (Å²) >= 11 is 0. The predicted molar refractivity (Wildman–Crippen MR) is 136 cm³/mol. The molecule has 0 saturated carbocycles. The van der Waals surface area contributed by atoms with Gasteiger partial charge in [-0.05, 0) is 70.2 Å². The molecule has 0 radical (unpaired) electrons. The molecule has 1 N–H and O–H groups in total. The lowest BCUT2D eigenvalue weighted by Gasteiger charge is -2.29. The Bertz CT molecular complexity index is 901. The van der Waals surface area contributed by atoms with Crippen molar-refractivity contribution < 1.29 is 19.1 Å². The van der Waals surface area contributed by atoms with Gasteiger partial charge in [0.25, 0.3) is 0 Å². The van der Waals surface area contributed by atoms with E-state index in [1.807, 2.05) is 83.1 Å². The zero-order valence-electron chi connectivity index (χ0n) is 21.3. The molecule has 0 aliphatic rings. The molecular formula is C28H40N2O4. The van der Waals surface area contributed by atoms with Gasteiger partial charge < -0.3 is 19.7 Å². The van der Waals surface area contributed by atoms with Crippen molar-refractivity contribution in [1.29, 1.82) is 0 Å². The molecule has 0 spiro atoms. The van der Waals surface area contributed by atoms with Crippen LogP contribution in [0.5, 0.6) is 11.5 Å². The van der Waals surface area contributed by atoms with Crippen LogP contribution in [0.4, 0.5) is 0 Å². The summed E-state index contributed by atoms with van der Waals surface area (Å²) in [5.74, 6) is 1.25. The van der Waals surface area contributed by atoms with Crippen molar-refractivity contribution in [1.82, 2.24) is 10.2 Å². The fourth-order valence-electron chi connectivity index (χ4n) is 3.68. The Kier molecular flexibility index (Phi) is 11.4. The van der Waals surface area contributed by atoms with Crippen LogP contribution in [0.25, 0.3) is 0 Å². The van der Waals surface area contributed by atoms with E-state index in [4.69, 9.17) is 9.47 Å². The van der Waals surface area contributed by atoms with E-state index in [0.29, 0.717) is 50.5 Å². The minimum atomic E-state index is -0.537. The van der Waals surface area contributed by atoms with Crippen molar-refractivity contribution in [2.24, 2.45) is 0 Å². The largest absolute Gasteiger partial charge is 0.490 e. The molecule has 0 aliphatic heterocycles. The number of aryl methyl sites for hydroxylation is 1. The Morgan fingerprint density at radius 1 is 0.882 bits per heavy atom. The first-order valence-electron chi connectivity index (χ1n) is 12.4. The van der Waals surface area contributed by atoms with Crippen LogP contribution < -0.4 is 14.8 Å². The maximum absolute atomic E-state index is 13.3. The maximum atomic E-state index is 13.3. The molecular weight excluding hydrogens is 428 g/mol. The third-order valence-corrected chi connectivity index (χ3v) is 5.89. The van der Waals surface area contributed by atoms with Crippen LogP contribution >= 0.6 is 0 Å². The highest BCUT2D eigenvalue weighted by atomic mass is 16.5. The normalized spacial score (nSPS) is 12.5. The van der Waals surface area contributed by atoms with Crippen LogP contribution in [0.1, 0.15) is 58.6 Å². The number of rotatable bonds is 14. The first kappa shape index (κ1) is 27.2. The third kappa shape index (κ3) is 8.40. The average Bonchev–Trinajstić information content (AvgIpc) is 2.84. The highest BCUT2D eigenvalue weighted by Crippen LogP contribution is 2.29. The number of nitrogens with one attached hydrogen (secondary N) is 1. The number of hydrogen-bond donors (Lipinski definition) is 1. The van der Waals surface area contributed by atoms with Crippen molar-refractivity contribution in [3.63, 3.8) is 0 Å². The van der Waals surface area contributed by atoms with Gasteiger partial charge in [0.2, 0.25) is 11.8 Å². The molecule has 2 atom stereocenters. The summed E-state index contributed by atoms with van der Waals surface area (Å²) in [6.07, 6.45) is 2.42. The van der Waals surface area contributed by atoms with Gasteiger partial charge in [-0.3, -0.25) is 9.59 Å². The van der Waals surface area contributed by atoms with Crippen LogP contribution in [0.2, 0.25) is 0 Å². The number of hydrogen-bond acceptors (Lipinski definition) is 4. The van der Waals surface area contributed by atoms with E-state index >= 15 is 0 Å². The van der Waals surface area contributed by atoms with Crippen LogP contribution in [-0.4, -0.2) is 48.6 Å². The second-order valence-electron chi connectivity index (χ2n) is 8.46. The smallest absolute Gasteiger partial charge is 0.242 e. The van der Waals surface area contributed by atoms with Gasteiger partial charge in [0, 0.05) is 19.0 Å². The van der Waals surface area contributed by atoms with Crippen molar-refractivity contribution >= 4 is 11.8 Å². The minimum absolute atomic E-state index is 0.0328. The van der Waals surface area contributed by atoms with Gasteiger partial charge in [0.1, 0.15) is 6.04 Å². The molecule has 6 heteroatoms. The van der Waals surface area contributed by atoms with Crippen molar-refractivity contribution in [3.8, 4) is 11.5 Å². The van der Waals surface area contributed by atoms with Gasteiger partial charge in [-0.25, -0.2) is 0 Å². The standard InChI is InChI=1S/C28H40N2O4/c1-6-21(4)29-28(32)22(5)30(19-18-23-12-10-9-11-13-23)27(31)17-15-24-14-16-25(33-7-2)26(20-24)34-8-3/h9-14,16,20-22H,6-8,15,17-19H2,1-5H3,(H,29,32)/t21-,22-/m0/s1. The maximum Gasteiger partial charge on any atom is 0.242 e.